The van der Waals surface area contributed by atoms with E-state index < -0.39 is 5.92 Å². The summed E-state index contributed by atoms with van der Waals surface area (Å²) in [6.45, 7) is 6.09. The molecule has 1 aliphatic carbocycles. The zero-order chi connectivity index (χ0) is 27.7. The van der Waals surface area contributed by atoms with Gasteiger partial charge in [0, 0.05) is 23.4 Å². The average Bonchev–Trinajstić information content (AvgIpc) is 3.35. The molecule has 2 heterocycles. The zero-order valence-electron chi connectivity index (χ0n) is 21.9. The van der Waals surface area contributed by atoms with Crippen molar-refractivity contribution in [3.8, 4) is 6.07 Å². The van der Waals surface area contributed by atoms with Gasteiger partial charge in [0.1, 0.15) is 5.82 Å². The number of carbonyl (C=O) groups is 2. The molecule has 39 heavy (non-hydrogen) atoms. The summed E-state index contributed by atoms with van der Waals surface area (Å²) in [5.41, 5.74) is 10.7. The highest BCUT2D eigenvalue weighted by atomic mass is 32.2. The Morgan fingerprint density at radius 3 is 2.62 bits per heavy atom. The molecule has 10 heteroatoms. The summed E-state index contributed by atoms with van der Waals surface area (Å²) >= 11 is 2.55. The molecule has 8 nitrogen and oxygen atoms in total. The Bertz CT molecular complexity index is 1550. The number of Topliss-reactive ketones (excluding diaryl/α,β-unsaturated/α-hetero) is 1. The molecule has 198 valence electrons. The predicted octanol–water partition coefficient (Wildman–Crippen LogP) is 5.52. The molecule has 1 atom stereocenters. The minimum absolute atomic E-state index is 0.0106. The second-order valence-corrected chi connectivity index (χ2v) is 12.6. The maximum absolute atomic E-state index is 13.7. The Labute approximate surface area is 235 Å². The second-order valence-electron chi connectivity index (χ2n) is 10.4. The van der Waals surface area contributed by atoms with Crippen LogP contribution in [0.5, 0.6) is 0 Å². The van der Waals surface area contributed by atoms with Crippen molar-refractivity contribution in [2.75, 3.05) is 16.0 Å². The number of carbonyl (C=O) groups excluding carboxylic acids is 2. The van der Waals surface area contributed by atoms with Crippen molar-refractivity contribution in [1.82, 2.24) is 10.2 Å². The number of amides is 1. The van der Waals surface area contributed by atoms with Gasteiger partial charge >= 0.3 is 0 Å². The Kier molecular flexibility index (Phi) is 7.30. The lowest BCUT2D eigenvalue weighted by Gasteiger charge is -2.42. The quantitative estimate of drug-likeness (QED) is 0.380. The molecule has 2 aromatic carbocycles. The van der Waals surface area contributed by atoms with Crippen molar-refractivity contribution >= 4 is 45.6 Å². The second kappa shape index (κ2) is 10.7. The Balaban J connectivity index is 1.49. The number of anilines is 2. The third kappa shape index (κ3) is 5.33. The molecule has 1 aromatic heterocycles. The van der Waals surface area contributed by atoms with Crippen molar-refractivity contribution in [3.63, 3.8) is 0 Å². The van der Waals surface area contributed by atoms with Crippen LogP contribution in [-0.4, -0.2) is 27.6 Å². The lowest BCUT2D eigenvalue weighted by atomic mass is 9.68. The number of benzene rings is 2. The van der Waals surface area contributed by atoms with Gasteiger partial charge in [-0.1, -0.05) is 79.4 Å². The summed E-state index contributed by atoms with van der Waals surface area (Å²) in [7, 11) is 0. The van der Waals surface area contributed by atoms with Crippen LogP contribution in [0.3, 0.4) is 0 Å². The molecule has 0 radical (unpaired) electrons. The topological polar surface area (TPSA) is 125 Å². The van der Waals surface area contributed by atoms with Gasteiger partial charge in [-0.15, -0.1) is 10.2 Å². The first-order chi connectivity index (χ1) is 18.7. The number of para-hydroxylation sites is 1. The number of aryl methyl sites for hydroxylation is 1. The monoisotopic (exact) mass is 556 g/mol. The Morgan fingerprint density at radius 2 is 1.90 bits per heavy atom. The number of allylic oxidation sites excluding steroid dienone is 3. The molecule has 2 aliphatic rings. The molecular weight excluding hydrogens is 528 g/mol. The van der Waals surface area contributed by atoms with Gasteiger partial charge in [-0.2, -0.15) is 5.26 Å². The van der Waals surface area contributed by atoms with Gasteiger partial charge in [0.05, 0.1) is 23.3 Å². The standard InChI is InChI=1S/C29H28N6O2S2/c1-17-9-7-8-12-19(17)24-20(15-30)26(31)35(21-13-29(2,3)14-22(36)25(21)24)27-33-34-28(39-27)38-16-23(37)32-18-10-5-4-6-11-18/h4-12,24H,13-14,16,31H2,1-3H3,(H,32,37). The number of nitriles is 1. The maximum Gasteiger partial charge on any atom is 0.234 e. The summed E-state index contributed by atoms with van der Waals surface area (Å²) in [4.78, 5) is 27.8. The number of hydrogen-bond acceptors (Lipinski definition) is 9. The molecule has 0 fully saturated rings. The molecule has 5 rings (SSSR count). The van der Waals surface area contributed by atoms with Gasteiger partial charge < -0.3 is 11.1 Å². The van der Waals surface area contributed by atoms with E-state index in [9.17, 15) is 14.9 Å². The van der Waals surface area contributed by atoms with E-state index in [0.717, 1.165) is 22.5 Å². The summed E-state index contributed by atoms with van der Waals surface area (Å²) in [6.07, 6.45) is 0.978. The van der Waals surface area contributed by atoms with E-state index in [1.165, 1.54) is 23.1 Å². The van der Waals surface area contributed by atoms with Crippen LogP contribution in [0.1, 0.15) is 43.7 Å². The van der Waals surface area contributed by atoms with Crippen LogP contribution >= 0.6 is 23.1 Å². The Hall–Kier alpha value is -3.94. The number of nitrogens with one attached hydrogen (secondary N) is 1. The molecule has 1 unspecified atom stereocenters. The average molecular weight is 557 g/mol. The Morgan fingerprint density at radius 1 is 1.18 bits per heavy atom. The molecule has 1 aliphatic heterocycles. The minimum atomic E-state index is -0.533. The number of rotatable bonds is 6. The molecular formula is C29H28N6O2S2. The first-order valence-corrected chi connectivity index (χ1v) is 14.3. The summed E-state index contributed by atoms with van der Waals surface area (Å²) in [5, 5.41) is 22.2. The lowest BCUT2D eigenvalue weighted by molar-refractivity contribution is -0.118. The number of aromatic nitrogens is 2. The van der Waals surface area contributed by atoms with Gasteiger partial charge in [0.15, 0.2) is 10.1 Å². The van der Waals surface area contributed by atoms with Crippen LogP contribution in [0.15, 0.2) is 81.6 Å². The number of nitrogens with two attached hydrogens (primary N) is 1. The molecule has 0 spiro atoms. The van der Waals surface area contributed by atoms with Crippen LogP contribution in [0, 0.1) is 23.7 Å². The fourth-order valence-corrected chi connectivity index (χ4v) is 6.83. The highest BCUT2D eigenvalue weighted by Crippen LogP contribution is 2.51. The van der Waals surface area contributed by atoms with E-state index in [2.05, 4.69) is 35.4 Å². The first kappa shape index (κ1) is 26.7. The first-order valence-electron chi connectivity index (χ1n) is 12.5. The number of thioether (sulfide) groups is 1. The smallest absolute Gasteiger partial charge is 0.234 e. The van der Waals surface area contributed by atoms with Crippen LogP contribution in [-0.2, 0) is 9.59 Å². The number of ketones is 1. The van der Waals surface area contributed by atoms with Crippen LogP contribution in [0.4, 0.5) is 10.8 Å². The molecule has 1 amide bonds. The summed E-state index contributed by atoms with van der Waals surface area (Å²) in [6, 6.07) is 19.3. The van der Waals surface area contributed by atoms with Gasteiger partial charge in [-0.25, -0.2) is 0 Å². The number of hydrogen-bond donors (Lipinski definition) is 2. The van der Waals surface area contributed by atoms with E-state index in [1.807, 2.05) is 61.5 Å². The van der Waals surface area contributed by atoms with Crippen molar-refractivity contribution in [3.05, 3.63) is 88.4 Å². The van der Waals surface area contributed by atoms with Crippen molar-refractivity contribution in [2.24, 2.45) is 11.1 Å². The molecule has 3 aromatic rings. The SMILES string of the molecule is Cc1ccccc1C1C(C#N)=C(N)N(c2nnc(SCC(=O)Nc3ccccc3)s2)C2=C1C(=O)CC(C)(C)C2. The van der Waals surface area contributed by atoms with E-state index in [1.54, 1.807) is 4.90 Å². The van der Waals surface area contributed by atoms with Gasteiger partial charge in [-0.05, 0) is 42.0 Å². The highest BCUT2D eigenvalue weighted by Gasteiger charge is 2.45. The van der Waals surface area contributed by atoms with Crippen molar-refractivity contribution in [2.45, 2.75) is 43.9 Å². The minimum Gasteiger partial charge on any atom is -0.384 e. The normalized spacial score (nSPS) is 18.6. The van der Waals surface area contributed by atoms with E-state index >= 15 is 0 Å². The van der Waals surface area contributed by atoms with Crippen LogP contribution < -0.4 is 16.0 Å². The van der Waals surface area contributed by atoms with E-state index in [-0.39, 0.29) is 28.7 Å². The van der Waals surface area contributed by atoms with Crippen LogP contribution in [0.2, 0.25) is 0 Å². The van der Waals surface area contributed by atoms with Crippen molar-refractivity contribution < 1.29 is 9.59 Å². The lowest BCUT2D eigenvalue weighted by Crippen LogP contribution is -2.42. The third-order valence-corrected chi connectivity index (χ3v) is 8.89. The number of nitrogens with zero attached hydrogens (tertiary/aromatic N) is 4. The van der Waals surface area contributed by atoms with E-state index in [0.29, 0.717) is 33.5 Å². The maximum atomic E-state index is 13.7. The van der Waals surface area contributed by atoms with E-state index in [4.69, 9.17) is 5.73 Å². The predicted molar refractivity (Wildman–Crippen MR) is 154 cm³/mol. The third-order valence-electron chi connectivity index (χ3n) is 6.85. The zero-order valence-corrected chi connectivity index (χ0v) is 23.5. The summed E-state index contributed by atoms with van der Waals surface area (Å²) < 4.78 is 0.587. The van der Waals surface area contributed by atoms with Gasteiger partial charge in [0.2, 0.25) is 11.0 Å². The largest absolute Gasteiger partial charge is 0.384 e. The fraction of sp³-hybridized carbons (Fsp3) is 0.276. The molecule has 0 saturated heterocycles. The molecule has 0 bridgehead atoms. The highest BCUT2D eigenvalue weighted by molar-refractivity contribution is 8.01. The van der Waals surface area contributed by atoms with Gasteiger partial charge in [-0.3, -0.25) is 14.5 Å². The summed E-state index contributed by atoms with van der Waals surface area (Å²) in [5.74, 6) is -0.263. The van der Waals surface area contributed by atoms with Gasteiger partial charge in [0.25, 0.3) is 0 Å². The molecule has 0 saturated carbocycles. The molecule has 3 N–H and O–H groups in total. The van der Waals surface area contributed by atoms with Crippen molar-refractivity contribution in [1.29, 1.82) is 5.26 Å². The fourth-order valence-electron chi connectivity index (χ4n) is 5.15. The van der Waals surface area contributed by atoms with Crippen LogP contribution in [0.25, 0.3) is 0 Å².